The summed E-state index contributed by atoms with van der Waals surface area (Å²) in [5.74, 6) is -0.147. The van der Waals surface area contributed by atoms with Gasteiger partial charge in [0.1, 0.15) is 5.75 Å². The van der Waals surface area contributed by atoms with E-state index >= 15 is 0 Å². The lowest BCUT2D eigenvalue weighted by atomic mass is 10.1. The molecule has 0 saturated carbocycles. The SMILES string of the molecule is CCCCCOc1ccc(Nc2nc(Cc3ccc(Cl)cc3)cs2)cc1C(F)(F)F. The Kier molecular flexibility index (Phi) is 7.61. The number of alkyl halides is 3. The van der Waals surface area contributed by atoms with Gasteiger partial charge < -0.3 is 10.1 Å². The van der Waals surface area contributed by atoms with Gasteiger partial charge in [0.25, 0.3) is 0 Å². The first kappa shape index (κ1) is 22.4. The van der Waals surface area contributed by atoms with Gasteiger partial charge >= 0.3 is 6.18 Å². The Morgan fingerprint density at radius 2 is 1.87 bits per heavy atom. The zero-order valence-corrected chi connectivity index (χ0v) is 18.0. The Morgan fingerprint density at radius 3 is 2.57 bits per heavy atom. The largest absolute Gasteiger partial charge is 0.493 e. The van der Waals surface area contributed by atoms with Gasteiger partial charge in [-0.1, -0.05) is 43.5 Å². The van der Waals surface area contributed by atoms with Crippen molar-refractivity contribution in [1.29, 1.82) is 0 Å². The summed E-state index contributed by atoms with van der Waals surface area (Å²) < 4.78 is 45.8. The van der Waals surface area contributed by atoms with Crippen molar-refractivity contribution in [2.24, 2.45) is 0 Å². The fraction of sp³-hybridized carbons (Fsp3) is 0.318. The highest BCUT2D eigenvalue weighted by molar-refractivity contribution is 7.13. The average Bonchev–Trinajstić information content (AvgIpc) is 3.14. The van der Waals surface area contributed by atoms with Crippen LogP contribution < -0.4 is 10.1 Å². The molecule has 160 valence electrons. The van der Waals surface area contributed by atoms with Crippen LogP contribution in [-0.2, 0) is 12.6 Å². The third-order valence-corrected chi connectivity index (χ3v) is 5.45. The lowest BCUT2D eigenvalue weighted by molar-refractivity contribution is -0.138. The van der Waals surface area contributed by atoms with Gasteiger partial charge in [-0.15, -0.1) is 11.3 Å². The maximum Gasteiger partial charge on any atom is 0.420 e. The standard InChI is InChI=1S/C22H22ClF3N2OS/c1-2-3-4-11-29-20-10-9-17(13-19(20)22(24,25)26)27-21-28-18(14-30-21)12-15-5-7-16(23)8-6-15/h5-10,13-14H,2-4,11-12H2,1H3,(H,27,28). The van der Waals surface area contributed by atoms with E-state index in [1.807, 2.05) is 36.6 Å². The van der Waals surface area contributed by atoms with Gasteiger partial charge in [-0.05, 0) is 42.3 Å². The van der Waals surface area contributed by atoms with E-state index in [1.54, 1.807) is 6.07 Å². The molecular formula is C22H22ClF3N2OS. The van der Waals surface area contributed by atoms with E-state index < -0.39 is 11.7 Å². The third kappa shape index (κ3) is 6.37. The summed E-state index contributed by atoms with van der Waals surface area (Å²) in [5, 5.41) is 6.04. The van der Waals surface area contributed by atoms with Crippen LogP contribution >= 0.6 is 22.9 Å². The van der Waals surface area contributed by atoms with Gasteiger partial charge in [0.15, 0.2) is 5.13 Å². The van der Waals surface area contributed by atoms with Gasteiger partial charge in [-0.25, -0.2) is 4.98 Å². The Hall–Kier alpha value is -2.25. The molecule has 1 aromatic heterocycles. The molecule has 0 aliphatic heterocycles. The molecule has 0 aliphatic carbocycles. The van der Waals surface area contributed by atoms with Gasteiger partial charge in [0, 0.05) is 22.5 Å². The van der Waals surface area contributed by atoms with Gasteiger partial charge in [-0.2, -0.15) is 13.2 Å². The number of hydrogen-bond acceptors (Lipinski definition) is 4. The summed E-state index contributed by atoms with van der Waals surface area (Å²) in [6.45, 7) is 2.30. The minimum absolute atomic E-state index is 0.147. The normalized spacial score (nSPS) is 11.5. The number of hydrogen-bond donors (Lipinski definition) is 1. The second-order valence-electron chi connectivity index (χ2n) is 6.84. The van der Waals surface area contributed by atoms with Crippen LogP contribution in [0.4, 0.5) is 24.0 Å². The number of nitrogens with zero attached hydrogens (tertiary/aromatic N) is 1. The van der Waals surface area contributed by atoms with Crippen molar-refractivity contribution >= 4 is 33.8 Å². The molecule has 30 heavy (non-hydrogen) atoms. The van der Waals surface area contributed by atoms with Crippen LogP contribution in [0.2, 0.25) is 5.02 Å². The third-order valence-electron chi connectivity index (χ3n) is 4.39. The second kappa shape index (κ2) is 10.2. The zero-order chi connectivity index (χ0) is 21.6. The minimum Gasteiger partial charge on any atom is -0.493 e. The molecule has 1 heterocycles. The van der Waals surface area contributed by atoms with Gasteiger partial charge in [0.2, 0.25) is 0 Å². The summed E-state index contributed by atoms with van der Waals surface area (Å²) in [6.07, 6.45) is -1.26. The Morgan fingerprint density at radius 1 is 1.10 bits per heavy atom. The molecule has 0 amide bonds. The molecule has 0 unspecified atom stereocenters. The van der Waals surface area contributed by atoms with Crippen LogP contribution in [0.5, 0.6) is 5.75 Å². The molecule has 0 atom stereocenters. The molecule has 3 aromatic rings. The van der Waals surface area contributed by atoms with E-state index in [4.69, 9.17) is 16.3 Å². The van der Waals surface area contributed by atoms with Crippen molar-refractivity contribution < 1.29 is 17.9 Å². The fourth-order valence-electron chi connectivity index (χ4n) is 2.87. The van der Waals surface area contributed by atoms with Crippen molar-refractivity contribution in [2.45, 2.75) is 38.8 Å². The molecule has 0 bridgehead atoms. The molecular weight excluding hydrogens is 433 g/mol. The van der Waals surface area contributed by atoms with Crippen LogP contribution in [0.1, 0.15) is 43.0 Å². The van der Waals surface area contributed by atoms with E-state index in [0.717, 1.165) is 36.6 Å². The predicted octanol–water partition coefficient (Wildman–Crippen LogP) is 7.72. The van der Waals surface area contributed by atoms with Crippen LogP contribution in [0.25, 0.3) is 0 Å². The number of benzene rings is 2. The van der Waals surface area contributed by atoms with Crippen molar-refractivity contribution in [2.75, 3.05) is 11.9 Å². The minimum atomic E-state index is -4.50. The number of unbranched alkanes of at least 4 members (excludes halogenated alkanes) is 2. The Balaban J connectivity index is 1.70. The lowest BCUT2D eigenvalue weighted by Crippen LogP contribution is -2.10. The highest BCUT2D eigenvalue weighted by Gasteiger charge is 2.34. The molecule has 0 saturated heterocycles. The van der Waals surface area contributed by atoms with E-state index in [-0.39, 0.29) is 12.4 Å². The molecule has 0 fully saturated rings. The van der Waals surface area contributed by atoms with E-state index in [1.165, 1.54) is 17.4 Å². The molecule has 1 N–H and O–H groups in total. The summed E-state index contributed by atoms with van der Waals surface area (Å²) >= 11 is 7.24. The molecule has 3 nitrogen and oxygen atoms in total. The Labute approximate surface area is 182 Å². The second-order valence-corrected chi connectivity index (χ2v) is 8.13. The first-order chi connectivity index (χ1) is 14.3. The fourth-order valence-corrected chi connectivity index (χ4v) is 3.73. The number of anilines is 2. The van der Waals surface area contributed by atoms with Crippen LogP contribution in [-0.4, -0.2) is 11.6 Å². The van der Waals surface area contributed by atoms with Crippen LogP contribution in [0.3, 0.4) is 0 Å². The summed E-state index contributed by atoms with van der Waals surface area (Å²) in [4.78, 5) is 4.47. The molecule has 0 spiro atoms. The number of halogens is 4. The number of nitrogens with one attached hydrogen (secondary N) is 1. The highest BCUT2D eigenvalue weighted by Crippen LogP contribution is 2.38. The summed E-state index contributed by atoms with van der Waals surface area (Å²) in [6, 6.07) is 11.5. The maximum atomic E-state index is 13.5. The predicted molar refractivity (Wildman–Crippen MR) is 116 cm³/mol. The number of rotatable bonds is 9. The highest BCUT2D eigenvalue weighted by atomic mass is 35.5. The topological polar surface area (TPSA) is 34.1 Å². The molecule has 2 aromatic carbocycles. The molecule has 0 aliphatic rings. The molecule has 0 radical (unpaired) electrons. The van der Waals surface area contributed by atoms with E-state index in [2.05, 4.69) is 10.3 Å². The zero-order valence-electron chi connectivity index (χ0n) is 16.4. The van der Waals surface area contributed by atoms with Crippen molar-refractivity contribution in [3.63, 3.8) is 0 Å². The summed E-state index contributed by atoms with van der Waals surface area (Å²) in [5.41, 5.74) is 1.41. The Bertz CT molecular complexity index is 958. The van der Waals surface area contributed by atoms with E-state index in [0.29, 0.717) is 22.3 Å². The average molecular weight is 455 g/mol. The van der Waals surface area contributed by atoms with Gasteiger partial charge in [-0.3, -0.25) is 0 Å². The first-order valence-corrected chi connectivity index (χ1v) is 10.9. The van der Waals surface area contributed by atoms with Crippen molar-refractivity contribution in [1.82, 2.24) is 4.98 Å². The van der Waals surface area contributed by atoms with Crippen LogP contribution in [0, 0.1) is 0 Å². The monoisotopic (exact) mass is 454 g/mol. The number of thiazole rings is 1. The van der Waals surface area contributed by atoms with Gasteiger partial charge in [0.05, 0.1) is 17.9 Å². The number of ether oxygens (including phenoxy) is 1. The lowest BCUT2D eigenvalue weighted by Gasteiger charge is -2.15. The number of aromatic nitrogens is 1. The maximum absolute atomic E-state index is 13.5. The van der Waals surface area contributed by atoms with Crippen LogP contribution in [0.15, 0.2) is 47.8 Å². The molecule has 3 rings (SSSR count). The smallest absolute Gasteiger partial charge is 0.420 e. The summed E-state index contributed by atoms with van der Waals surface area (Å²) in [7, 11) is 0. The van der Waals surface area contributed by atoms with Crippen molar-refractivity contribution in [3.8, 4) is 5.75 Å². The van der Waals surface area contributed by atoms with E-state index in [9.17, 15) is 13.2 Å². The quantitative estimate of drug-likeness (QED) is 0.336. The molecule has 8 heteroatoms. The first-order valence-electron chi connectivity index (χ1n) is 9.65. The van der Waals surface area contributed by atoms with Crippen molar-refractivity contribution in [3.05, 3.63) is 69.7 Å².